The van der Waals surface area contributed by atoms with Crippen LogP contribution in [0.25, 0.3) is 28.0 Å². The van der Waals surface area contributed by atoms with Gasteiger partial charge in [-0.05, 0) is 57.2 Å². The van der Waals surface area contributed by atoms with Crippen molar-refractivity contribution in [3.63, 3.8) is 0 Å². The van der Waals surface area contributed by atoms with Crippen LogP contribution in [0.1, 0.15) is 23.3 Å². The van der Waals surface area contributed by atoms with E-state index in [0.717, 1.165) is 32.0 Å². The van der Waals surface area contributed by atoms with Gasteiger partial charge in [-0.1, -0.05) is 6.07 Å². The maximum Gasteiger partial charge on any atom is 0.270 e. The number of aromatic nitrogens is 3. The van der Waals surface area contributed by atoms with Crippen LogP contribution in [0.15, 0.2) is 55.0 Å². The second kappa shape index (κ2) is 8.90. The molecule has 4 aromatic rings. The molecule has 0 saturated carbocycles. The number of benzene rings is 1. The highest BCUT2D eigenvalue weighted by Crippen LogP contribution is 2.33. The minimum Gasteiger partial charge on any atom is -0.348 e. The van der Waals surface area contributed by atoms with Gasteiger partial charge in [0.1, 0.15) is 17.2 Å². The van der Waals surface area contributed by atoms with Crippen molar-refractivity contribution in [1.29, 1.82) is 0 Å². The highest BCUT2D eigenvalue weighted by Gasteiger charge is 2.22. The molecule has 3 aromatic heterocycles. The zero-order valence-corrected chi connectivity index (χ0v) is 18.4. The smallest absolute Gasteiger partial charge is 0.270 e. The molecule has 5 rings (SSSR count). The molecule has 1 amide bonds. The number of carbonyl (C=O) groups is 1. The molecule has 1 saturated heterocycles. The predicted octanol–water partition coefficient (Wildman–Crippen LogP) is 4.30. The zero-order valence-electron chi connectivity index (χ0n) is 18.4. The first-order valence-corrected chi connectivity index (χ1v) is 11.0. The van der Waals surface area contributed by atoms with Crippen molar-refractivity contribution in [2.45, 2.75) is 18.9 Å². The quantitative estimate of drug-likeness (QED) is 0.457. The fraction of sp³-hybridized carbons (Fsp3) is 0.240. The first-order valence-electron chi connectivity index (χ1n) is 11.0. The second-order valence-corrected chi connectivity index (χ2v) is 8.49. The van der Waals surface area contributed by atoms with Crippen LogP contribution in [0, 0.1) is 17.5 Å². The molecule has 174 valence electrons. The summed E-state index contributed by atoms with van der Waals surface area (Å²) in [4.78, 5) is 23.8. The number of halogens is 3. The van der Waals surface area contributed by atoms with Gasteiger partial charge in [0.25, 0.3) is 5.91 Å². The summed E-state index contributed by atoms with van der Waals surface area (Å²) in [7, 11) is 2.06. The number of pyridine rings is 2. The molecule has 0 atom stereocenters. The highest BCUT2D eigenvalue weighted by atomic mass is 19.2. The Morgan fingerprint density at radius 2 is 1.76 bits per heavy atom. The maximum absolute atomic E-state index is 14.5. The van der Waals surface area contributed by atoms with Crippen LogP contribution in [0.5, 0.6) is 0 Å². The molecule has 34 heavy (non-hydrogen) atoms. The summed E-state index contributed by atoms with van der Waals surface area (Å²) in [6.07, 6.45) is 6.44. The van der Waals surface area contributed by atoms with Crippen molar-refractivity contribution < 1.29 is 18.0 Å². The molecular weight excluding hydrogens is 443 g/mol. The number of hydrogen-bond donors (Lipinski definition) is 1. The Kier molecular flexibility index (Phi) is 5.79. The van der Waals surface area contributed by atoms with Crippen LogP contribution in [0.2, 0.25) is 0 Å². The normalized spacial score (nSPS) is 15.1. The summed E-state index contributed by atoms with van der Waals surface area (Å²) >= 11 is 0. The summed E-state index contributed by atoms with van der Waals surface area (Å²) in [5.41, 5.74) is 2.08. The lowest BCUT2D eigenvalue weighted by Crippen LogP contribution is -2.43. The molecule has 9 heteroatoms. The van der Waals surface area contributed by atoms with Crippen LogP contribution in [-0.2, 0) is 0 Å². The van der Waals surface area contributed by atoms with Crippen molar-refractivity contribution in [3.8, 4) is 22.4 Å². The minimum absolute atomic E-state index is 0.0960. The average molecular weight is 465 g/mol. The summed E-state index contributed by atoms with van der Waals surface area (Å²) < 4.78 is 43.5. The standard InChI is InChI=1S/C25H22F3N5O/c1-32-9-6-16(7-10-32)31-25(34)22-13-30-23-5-4-15(14-33(22)23)17-3-2-8-29-24(17)18-11-20(27)21(28)12-19(18)26/h2-5,8,11-14,16H,6-7,9-10H2,1H3,(H,31,34). The summed E-state index contributed by atoms with van der Waals surface area (Å²) in [5, 5.41) is 3.08. The third-order valence-corrected chi connectivity index (χ3v) is 6.18. The lowest BCUT2D eigenvalue weighted by Gasteiger charge is -2.29. The molecule has 0 radical (unpaired) electrons. The van der Waals surface area contributed by atoms with Gasteiger partial charge in [-0.3, -0.25) is 14.2 Å². The van der Waals surface area contributed by atoms with Crippen LogP contribution in [0.4, 0.5) is 13.2 Å². The Morgan fingerprint density at radius 3 is 2.56 bits per heavy atom. The Bertz CT molecular complexity index is 1380. The van der Waals surface area contributed by atoms with E-state index in [1.807, 2.05) is 0 Å². The van der Waals surface area contributed by atoms with E-state index in [4.69, 9.17) is 0 Å². The molecule has 1 aliphatic rings. The molecular formula is C25H22F3N5O. The van der Waals surface area contributed by atoms with Gasteiger partial charge >= 0.3 is 0 Å². The summed E-state index contributed by atoms with van der Waals surface area (Å²) in [5.74, 6) is -3.57. The number of piperidine rings is 1. The van der Waals surface area contributed by atoms with Crippen molar-refractivity contribution in [3.05, 3.63) is 78.1 Å². The number of amides is 1. The van der Waals surface area contributed by atoms with E-state index in [0.29, 0.717) is 28.5 Å². The predicted molar refractivity (Wildman–Crippen MR) is 122 cm³/mol. The van der Waals surface area contributed by atoms with E-state index in [-0.39, 0.29) is 23.2 Å². The van der Waals surface area contributed by atoms with Gasteiger partial charge < -0.3 is 10.2 Å². The number of likely N-dealkylation sites (tertiary alicyclic amines) is 1. The van der Waals surface area contributed by atoms with E-state index < -0.39 is 17.5 Å². The SMILES string of the molecule is CN1CCC(NC(=O)c2cnc3ccc(-c4cccnc4-c4cc(F)c(F)cc4F)cn23)CC1. The number of fused-ring (bicyclic) bond motifs is 1. The Balaban J connectivity index is 1.52. The number of nitrogens with zero attached hydrogens (tertiary/aromatic N) is 4. The Hall–Kier alpha value is -3.72. The number of hydrogen-bond acceptors (Lipinski definition) is 4. The van der Waals surface area contributed by atoms with Crippen LogP contribution in [0.3, 0.4) is 0 Å². The molecule has 0 spiro atoms. The van der Waals surface area contributed by atoms with Crippen LogP contribution in [-0.4, -0.2) is 51.4 Å². The largest absolute Gasteiger partial charge is 0.348 e. The van der Waals surface area contributed by atoms with E-state index in [2.05, 4.69) is 27.2 Å². The third kappa shape index (κ3) is 4.14. The lowest BCUT2D eigenvalue weighted by atomic mass is 10.00. The second-order valence-electron chi connectivity index (χ2n) is 8.49. The molecule has 0 unspecified atom stereocenters. The van der Waals surface area contributed by atoms with Crippen LogP contribution < -0.4 is 5.32 Å². The van der Waals surface area contributed by atoms with Gasteiger partial charge in [0, 0.05) is 41.2 Å². The first kappa shape index (κ1) is 22.1. The van der Waals surface area contributed by atoms with Gasteiger partial charge in [0.2, 0.25) is 0 Å². The van der Waals surface area contributed by atoms with Crippen LogP contribution >= 0.6 is 0 Å². The van der Waals surface area contributed by atoms with E-state index >= 15 is 0 Å². The summed E-state index contributed by atoms with van der Waals surface area (Å²) in [6.45, 7) is 1.85. The van der Waals surface area contributed by atoms with Gasteiger partial charge in [-0.25, -0.2) is 18.2 Å². The fourth-order valence-electron chi connectivity index (χ4n) is 4.28. The highest BCUT2D eigenvalue weighted by molar-refractivity contribution is 5.93. The topological polar surface area (TPSA) is 62.5 Å². The van der Waals surface area contributed by atoms with Gasteiger partial charge in [-0.2, -0.15) is 0 Å². The van der Waals surface area contributed by atoms with E-state index in [1.165, 1.54) is 12.4 Å². The molecule has 4 heterocycles. The van der Waals surface area contributed by atoms with Crippen molar-refractivity contribution in [2.75, 3.05) is 20.1 Å². The fourth-order valence-corrected chi connectivity index (χ4v) is 4.28. The number of imidazole rings is 1. The van der Waals surface area contributed by atoms with Gasteiger partial charge in [0.15, 0.2) is 11.6 Å². The molecule has 0 bridgehead atoms. The minimum atomic E-state index is -1.26. The number of rotatable bonds is 4. The van der Waals surface area contributed by atoms with Crippen molar-refractivity contribution in [2.24, 2.45) is 0 Å². The molecule has 1 aromatic carbocycles. The average Bonchev–Trinajstić information content (AvgIpc) is 3.26. The Labute approximate surface area is 194 Å². The number of carbonyl (C=O) groups excluding carboxylic acids is 1. The maximum atomic E-state index is 14.5. The number of nitrogens with one attached hydrogen (secondary N) is 1. The third-order valence-electron chi connectivity index (χ3n) is 6.18. The molecule has 1 fully saturated rings. The zero-order chi connectivity index (χ0) is 23.8. The van der Waals surface area contributed by atoms with Crippen molar-refractivity contribution in [1.82, 2.24) is 24.6 Å². The molecule has 6 nitrogen and oxygen atoms in total. The van der Waals surface area contributed by atoms with Gasteiger partial charge in [-0.15, -0.1) is 0 Å². The molecule has 1 N–H and O–H groups in total. The molecule has 1 aliphatic heterocycles. The van der Waals surface area contributed by atoms with Crippen molar-refractivity contribution >= 4 is 11.6 Å². The molecule has 0 aliphatic carbocycles. The lowest BCUT2D eigenvalue weighted by molar-refractivity contribution is 0.0911. The monoisotopic (exact) mass is 465 g/mol. The summed E-state index contributed by atoms with van der Waals surface area (Å²) in [6, 6.07) is 8.28. The first-order chi connectivity index (χ1) is 16.4. The van der Waals surface area contributed by atoms with E-state index in [9.17, 15) is 18.0 Å². The van der Waals surface area contributed by atoms with Gasteiger partial charge in [0.05, 0.1) is 11.9 Å². The Morgan fingerprint density at radius 1 is 1.00 bits per heavy atom. The van der Waals surface area contributed by atoms with E-state index in [1.54, 1.807) is 34.9 Å².